The van der Waals surface area contributed by atoms with Crippen LogP contribution < -0.4 is 10.6 Å². The SMILES string of the molecule is CCC(CNC(=O)NCCOCC1CC1)CC(=O)O. The van der Waals surface area contributed by atoms with E-state index in [1.54, 1.807) is 0 Å². The van der Waals surface area contributed by atoms with Crippen molar-refractivity contribution in [3.8, 4) is 0 Å². The Kier molecular flexibility index (Phi) is 7.25. The predicted octanol–water partition coefficient (Wildman–Crippen LogP) is 1.21. The molecule has 1 rings (SSSR count). The Hall–Kier alpha value is -1.30. The molecule has 0 heterocycles. The third-order valence-electron chi connectivity index (χ3n) is 3.17. The van der Waals surface area contributed by atoms with Gasteiger partial charge in [-0.05, 0) is 24.7 Å². The van der Waals surface area contributed by atoms with Gasteiger partial charge in [0, 0.05) is 26.1 Å². The summed E-state index contributed by atoms with van der Waals surface area (Å²) in [5.74, 6) is -0.118. The lowest BCUT2D eigenvalue weighted by atomic mass is 10.0. The van der Waals surface area contributed by atoms with Gasteiger partial charge in [-0.15, -0.1) is 0 Å². The number of hydrogen-bond acceptors (Lipinski definition) is 3. The van der Waals surface area contributed by atoms with Crippen molar-refractivity contribution in [2.75, 3.05) is 26.3 Å². The summed E-state index contributed by atoms with van der Waals surface area (Å²) in [6, 6.07) is -0.265. The maximum absolute atomic E-state index is 11.4. The minimum Gasteiger partial charge on any atom is -0.481 e. The highest BCUT2D eigenvalue weighted by atomic mass is 16.5. The fraction of sp³-hybridized carbons (Fsp3) is 0.846. The van der Waals surface area contributed by atoms with E-state index >= 15 is 0 Å². The van der Waals surface area contributed by atoms with Crippen molar-refractivity contribution in [2.24, 2.45) is 11.8 Å². The Morgan fingerprint density at radius 3 is 2.68 bits per heavy atom. The van der Waals surface area contributed by atoms with Crippen LogP contribution in [0.1, 0.15) is 32.6 Å². The lowest BCUT2D eigenvalue weighted by molar-refractivity contribution is -0.138. The molecule has 1 fully saturated rings. The van der Waals surface area contributed by atoms with Crippen molar-refractivity contribution in [2.45, 2.75) is 32.6 Å². The smallest absolute Gasteiger partial charge is 0.314 e. The van der Waals surface area contributed by atoms with Crippen LogP contribution in [-0.4, -0.2) is 43.4 Å². The van der Waals surface area contributed by atoms with Gasteiger partial charge in [-0.3, -0.25) is 4.79 Å². The van der Waals surface area contributed by atoms with E-state index in [4.69, 9.17) is 9.84 Å². The van der Waals surface area contributed by atoms with Gasteiger partial charge in [0.05, 0.1) is 6.61 Å². The molecule has 0 saturated heterocycles. The van der Waals surface area contributed by atoms with E-state index in [-0.39, 0.29) is 18.4 Å². The number of carbonyl (C=O) groups excluding carboxylic acids is 1. The number of aliphatic carboxylic acids is 1. The topological polar surface area (TPSA) is 87.7 Å². The lowest BCUT2D eigenvalue weighted by Gasteiger charge is -2.14. The number of carboxylic acids is 1. The van der Waals surface area contributed by atoms with Crippen molar-refractivity contribution in [1.82, 2.24) is 10.6 Å². The third-order valence-corrected chi connectivity index (χ3v) is 3.17. The summed E-state index contributed by atoms with van der Waals surface area (Å²) in [5.41, 5.74) is 0. The van der Waals surface area contributed by atoms with E-state index < -0.39 is 5.97 Å². The van der Waals surface area contributed by atoms with E-state index in [2.05, 4.69) is 10.6 Å². The van der Waals surface area contributed by atoms with Crippen molar-refractivity contribution in [3.63, 3.8) is 0 Å². The first kappa shape index (κ1) is 15.8. The van der Waals surface area contributed by atoms with Crippen LogP contribution in [0, 0.1) is 11.8 Å². The number of nitrogens with one attached hydrogen (secondary N) is 2. The molecule has 3 N–H and O–H groups in total. The Bertz CT molecular complexity index is 292. The molecule has 0 aromatic heterocycles. The number of rotatable bonds is 10. The van der Waals surface area contributed by atoms with Gasteiger partial charge in [0.2, 0.25) is 0 Å². The molecule has 0 spiro atoms. The minimum atomic E-state index is -0.831. The Morgan fingerprint density at radius 1 is 1.37 bits per heavy atom. The summed E-state index contributed by atoms with van der Waals surface area (Å²) >= 11 is 0. The quantitative estimate of drug-likeness (QED) is 0.522. The maximum Gasteiger partial charge on any atom is 0.314 e. The largest absolute Gasteiger partial charge is 0.481 e. The zero-order valence-corrected chi connectivity index (χ0v) is 11.5. The first-order valence-electron chi connectivity index (χ1n) is 6.93. The molecule has 1 aliphatic carbocycles. The Morgan fingerprint density at radius 2 is 2.11 bits per heavy atom. The fourth-order valence-electron chi connectivity index (χ4n) is 1.68. The molecule has 0 aliphatic heterocycles. The van der Waals surface area contributed by atoms with Crippen LogP contribution in [0.4, 0.5) is 4.79 Å². The average Bonchev–Trinajstić information content (AvgIpc) is 3.17. The van der Waals surface area contributed by atoms with E-state index in [0.29, 0.717) is 19.7 Å². The number of ether oxygens (including phenoxy) is 1. The highest BCUT2D eigenvalue weighted by Crippen LogP contribution is 2.28. The summed E-state index contributed by atoms with van der Waals surface area (Å²) < 4.78 is 5.39. The van der Waals surface area contributed by atoms with Gasteiger partial charge in [-0.2, -0.15) is 0 Å². The highest BCUT2D eigenvalue weighted by Gasteiger charge is 2.20. The Labute approximate surface area is 113 Å². The number of carboxylic acid groups (broad SMARTS) is 1. The Balaban J connectivity index is 1.97. The lowest BCUT2D eigenvalue weighted by Crippen LogP contribution is -2.40. The van der Waals surface area contributed by atoms with Crippen LogP contribution >= 0.6 is 0 Å². The molecule has 0 bridgehead atoms. The summed E-state index contributed by atoms with van der Waals surface area (Å²) in [5, 5.41) is 14.1. The van der Waals surface area contributed by atoms with Crippen molar-refractivity contribution >= 4 is 12.0 Å². The van der Waals surface area contributed by atoms with E-state index in [0.717, 1.165) is 18.9 Å². The summed E-state index contributed by atoms with van der Waals surface area (Å²) in [4.78, 5) is 22.0. The van der Waals surface area contributed by atoms with Crippen molar-refractivity contribution in [1.29, 1.82) is 0 Å². The molecule has 6 nitrogen and oxygen atoms in total. The first-order chi connectivity index (χ1) is 9.11. The maximum atomic E-state index is 11.4. The molecule has 19 heavy (non-hydrogen) atoms. The second-order valence-electron chi connectivity index (χ2n) is 5.03. The molecule has 6 heteroatoms. The number of amides is 2. The number of urea groups is 1. The molecule has 1 unspecified atom stereocenters. The van der Waals surface area contributed by atoms with Gasteiger partial charge in [0.25, 0.3) is 0 Å². The zero-order chi connectivity index (χ0) is 14.1. The van der Waals surface area contributed by atoms with E-state index in [1.807, 2.05) is 6.92 Å². The van der Waals surface area contributed by atoms with Crippen LogP contribution in [0.3, 0.4) is 0 Å². The molecular formula is C13H24N2O4. The summed E-state index contributed by atoms with van der Waals surface area (Å²) in [6.45, 7) is 4.10. The van der Waals surface area contributed by atoms with Crippen molar-refractivity contribution in [3.05, 3.63) is 0 Å². The van der Waals surface area contributed by atoms with Gasteiger partial charge >= 0.3 is 12.0 Å². The molecular weight excluding hydrogens is 248 g/mol. The summed E-state index contributed by atoms with van der Waals surface area (Å²) in [6.07, 6.45) is 3.34. The molecule has 110 valence electrons. The third kappa shape index (κ3) is 8.42. The zero-order valence-electron chi connectivity index (χ0n) is 11.5. The minimum absolute atomic E-state index is 0.0191. The molecule has 1 atom stereocenters. The molecule has 0 aromatic carbocycles. The van der Waals surface area contributed by atoms with Crippen LogP contribution in [0.25, 0.3) is 0 Å². The summed E-state index contributed by atoms with van der Waals surface area (Å²) in [7, 11) is 0. The van der Waals surface area contributed by atoms with Gasteiger partial charge < -0.3 is 20.5 Å². The number of hydrogen-bond donors (Lipinski definition) is 3. The van der Waals surface area contributed by atoms with Crippen LogP contribution in [0.5, 0.6) is 0 Å². The second-order valence-corrected chi connectivity index (χ2v) is 5.03. The standard InChI is InChI=1S/C13H24N2O4/c1-2-10(7-12(16)17)8-15-13(18)14-5-6-19-9-11-3-4-11/h10-11H,2-9H2,1H3,(H,16,17)(H2,14,15,18). The molecule has 1 aliphatic rings. The van der Waals surface area contributed by atoms with E-state index in [1.165, 1.54) is 12.8 Å². The molecule has 2 amide bonds. The normalized spacial score (nSPS) is 15.8. The van der Waals surface area contributed by atoms with E-state index in [9.17, 15) is 9.59 Å². The van der Waals surface area contributed by atoms with Gasteiger partial charge in [-0.25, -0.2) is 4.79 Å². The first-order valence-corrected chi connectivity index (χ1v) is 6.93. The van der Waals surface area contributed by atoms with Crippen LogP contribution in [0.2, 0.25) is 0 Å². The number of carbonyl (C=O) groups is 2. The average molecular weight is 272 g/mol. The fourth-order valence-corrected chi connectivity index (χ4v) is 1.68. The monoisotopic (exact) mass is 272 g/mol. The van der Waals surface area contributed by atoms with Crippen molar-refractivity contribution < 1.29 is 19.4 Å². The van der Waals surface area contributed by atoms with Gasteiger partial charge in [0.1, 0.15) is 0 Å². The van der Waals surface area contributed by atoms with Crippen LogP contribution in [0.15, 0.2) is 0 Å². The molecule has 0 radical (unpaired) electrons. The molecule has 0 aromatic rings. The van der Waals surface area contributed by atoms with Gasteiger partial charge in [-0.1, -0.05) is 13.3 Å². The van der Waals surface area contributed by atoms with Crippen LogP contribution in [-0.2, 0) is 9.53 Å². The second kappa shape index (κ2) is 8.74. The predicted molar refractivity (Wildman–Crippen MR) is 71.0 cm³/mol. The highest BCUT2D eigenvalue weighted by molar-refractivity contribution is 5.74. The van der Waals surface area contributed by atoms with Gasteiger partial charge in [0.15, 0.2) is 0 Å². The molecule has 1 saturated carbocycles.